The van der Waals surface area contributed by atoms with Crippen LogP contribution >= 0.6 is 11.3 Å². The number of anilines is 1. The van der Waals surface area contributed by atoms with E-state index in [-0.39, 0.29) is 0 Å². The summed E-state index contributed by atoms with van der Waals surface area (Å²) in [5.41, 5.74) is 0.962. The highest BCUT2D eigenvalue weighted by Gasteiger charge is 2.15. The van der Waals surface area contributed by atoms with Crippen molar-refractivity contribution in [2.75, 3.05) is 38.6 Å². The summed E-state index contributed by atoms with van der Waals surface area (Å²) < 4.78 is 0. The van der Waals surface area contributed by atoms with Crippen molar-refractivity contribution in [1.29, 1.82) is 0 Å². The fourth-order valence-corrected chi connectivity index (χ4v) is 2.87. The predicted octanol–water partition coefficient (Wildman–Crippen LogP) is 2.69. The maximum absolute atomic E-state index is 11.1. The van der Waals surface area contributed by atoms with Crippen LogP contribution < -0.4 is 4.90 Å². The molecule has 0 N–H and O–H groups in total. The van der Waals surface area contributed by atoms with Crippen LogP contribution in [0, 0.1) is 0 Å². The number of thiazole rings is 1. The highest BCUT2D eigenvalue weighted by molar-refractivity contribution is 7.17. The molecule has 0 radical (unpaired) electrons. The molecular weight excluding hydrogens is 258 g/mol. The minimum atomic E-state index is 0.794. The average Bonchev–Trinajstić information content (AvgIpc) is 2.77. The lowest BCUT2D eigenvalue weighted by Gasteiger charge is -2.23. The van der Waals surface area contributed by atoms with Gasteiger partial charge in [0.1, 0.15) is 0 Å². The normalized spacial score (nSPS) is 11.0. The number of aldehydes is 1. The lowest BCUT2D eigenvalue weighted by molar-refractivity contribution is 0.112. The first kappa shape index (κ1) is 16.1. The lowest BCUT2D eigenvalue weighted by Crippen LogP contribution is -2.32. The van der Waals surface area contributed by atoms with Crippen molar-refractivity contribution < 1.29 is 4.79 Å². The van der Waals surface area contributed by atoms with E-state index < -0.39 is 0 Å². The van der Waals surface area contributed by atoms with Gasteiger partial charge in [0, 0.05) is 19.6 Å². The smallest absolute Gasteiger partial charge is 0.186 e. The molecule has 19 heavy (non-hydrogen) atoms. The summed E-state index contributed by atoms with van der Waals surface area (Å²) in [5, 5.41) is 0.995. The Kier molecular flexibility index (Phi) is 7.02. The van der Waals surface area contributed by atoms with Gasteiger partial charge >= 0.3 is 0 Å². The van der Waals surface area contributed by atoms with Crippen molar-refractivity contribution in [2.45, 2.75) is 33.1 Å². The van der Waals surface area contributed by atoms with Crippen LogP contribution in [0.5, 0.6) is 0 Å². The molecule has 1 rings (SSSR count). The largest absolute Gasteiger partial charge is 0.347 e. The van der Waals surface area contributed by atoms with E-state index in [1.807, 2.05) is 0 Å². The molecule has 0 spiro atoms. The van der Waals surface area contributed by atoms with Crippen LogP contribution in [-0.4, -0.2) is 49.9 Å². The topological polar surface area (TPSA) is 36.4 Å². The molecule has 1 heterocycles. The van der Waals surface area contributed by atoms with Crippen molar-refractivity contribution in [3.05, 3.63) is 10.6 Å². The summed E-state index contributed by atoms with van der Waals surface area (Å²) in [6.07, 6.45) is 3.95. The second kappa shape index (κ2) is 8.27. The zero-order chi connectivity index (χ0) is 14.3. The van der Waals surface area contributed by atoms with Crippen LogP contribution in [0.4, 0.5) is 5.13 Å². The Morgan fingerprint density at radius 2 is 1.89 bits per heavy atom. The first-order chi connectivity index (χ1) is 9.12. The monoisotopic (exact) mass is 283 g/mol. The first-order valence-electron chi connectivity index (χ1n) is 6.96. The minimum absolute atomic E-state index is 0.794. The number of hydrogen-bond donors (Lipinski definition) is 0. The minimum Gasteiger partial charge on any atom is -0.347 e. The van der Waals surface area contributed by atoms with Crippen molar-refractivity contribution in [3.8, 4) is 0 Å². The van der Waals surface area contributed by atoms with E-state index in [1.54, 1.807) is 0 Å². The van der Waals surface area contributed by atoms with Crippen LogP contribution in [0.25, 0.3) is 0 Å². The summed E-state index contributed by atoms with van der Waals surface area (Å²) >= 11 is 1.53. The predicted molar refractivity (Wildman–Crippen MR) is 82.6 cm³/mol. The Morgan fingerprint density at radius 1 is 1.16 bits per heavy atom. The second-order valence-electron chi connectivity index (χ2n) is 4.97. The Balaban J connectivity index is 2.85. The molecule has 0 amide bonds. The van der Waals surface area contributed by atoms with Gasteiger partial charge in [-0.3, -0.25) is 4.79 Å². The Bertz CT molecular complexity index is 390. The summed E-state index contributed by atoms with van der Waals surface area (Å²) in [7, 11) is 4.15. The maximum atomic E-state index is 11.1. The number of aromatic nitrogens is 1. The number of nitrogens with zero attached hydrogens (tertiary/aromatic N) is 3. The van der Waals surface area contributed by atoms with E-state index in [9.17, 15) is 4.79 Å². The fourth-order valence-electron chi connectivity index (χ4n) is 1.89. The molecule has 0 saturated carbocycles. The van der Waals surface area contributed by atoms with Crippen LogP contribution in [0.15, 0.2) is 0 Å². The van der Waals surface area contributed by atoms with E-state index in [1.165, 1.54) is 11.3 Å². The Morgan fingerprint density at radius 3 is 2.42 bits per heavy atom. The number of hydrogen-bond acceptors (Lipinski definition) is 5. The lowest BCUT2D eigenvalue weighted by atomic mass is 10.2. The molecule has 0 unspecified atom stereocenters. The molecular formula is C14H25N3OS. The van der Waals surface area contributed by atoms with Crippen molar-refractivity contribution >= 4 is 22.8 Å². The van der Waals surface area contributed by atoms with Crippen molar-refractivity contribution in [2.24, 2.45) is 0 Å². The maximum Gasteiger partial charge on any atom is 0.186 e. The van der Waals surface area contributed by atoms with Gasteiger partial charge in [-0.15, -0.1) is 0 Å². The van der Waals surface area contributed by atoms with E-state index in [0.717, 1.165) is 60.9 Å². The summed E-state index contributed by atoms with van der Waals surface area (Å²) in [5.74, 6) is 0. The van der Waals surface area contributed by atoms with Gasteiger partial charge in [0.15, 0.2) is 11.4 Å². The fraction of sp³-hybridized carbons (Fsp3) is 0.714. The molecule has 4 nitrogen and oxygen atoms in total. The Hall–Kier alpha value is -0.940. The third-order valence-corrected chi connectivity index (χ3v) is 3.98. The quantitative estimate of drug-likeness (QED) is 0.653. The SMILES string of the molecule is CCCc1nc(N(CCC)CCN(C)C)sc1C=O. The number of rotatable bonds is 9. The first-order valence-corrected chi connectivity index (χ1v) is 7.78. The molecule has 5 heteroatoms. The van der Waals surface area contributed by atoms with E-state index >= 15 is 0 Å². The molecule has 108 valence electrons. The highest BCUT2D eigenvalue weighted by Crippen LogP contribution is 2.26. The number of carbonyl (C=O) groups excluding carboxylic acids is 1. The number of aryl methyl sites for hydroxylation is 1. The molecule has 0 saturated heterocycles. The van der Waals surface area contributed by atoms with Crippen LogP contribution in [0.3, 0.4) is 0 Å². The number of carbonyl (C=O) groups is 1. The second-order valence-corrected chi connectivity index (χ2v) is 5.97. The molecule has 0 bridgehead atoms. The van der Waals surface area contributed by atoms with E-state index in [4.69, 9.17) is 0 Å². The van der Waals surface area contributed by atoms with E-state index in [0.29, 0.717) is 0 Å². The zero-order valence-corrected chi connectivity index (χ0v) is 13.3. The van der Waals surface area contributed by atoms with Gasteiger partial charge < -0.3 is 9.80 Å². The molecule has 0 aliphatic heterocycles. The zero-order valence-electron chi connectivity index (χ0n) is 12.5. The average molecular weight is 283 g/mol. The molecule has 0 aliphatic carbocycles. The van der Waals surface area contributed by atoms with Crippen molar-refractivity contribution in [1.82, 2.24) is 9.88 Å². The third-order valence-electron chi connectivity index (χ3n) is 2.89. The van der Waals surface area contributed by atoms with E-state index in [2.05, 4.69) is 42.7 Å². The number of likely N-dealkylation sites (N-methyl/N-ethyl adjacent to an activating group) is 1. The van der Waals surface area contributed by atoms with Gasteiger partial charge in [-0.1, -0.05) is 31.6 Å². The van der Waals surface area contributed by atoms with Gasteiger partial charge in [0.25, 0.3) is 0 Å². The molecule has 1 aromatic heterocycles. The van der Waals surface area contributed by atoms with Gasteiger partial charge in [-0.05, 0) is 26.9 Å². The standard InChI is InChI=1S/C14H25N3OS/c1-5-7-12-13(11-18)19-14(15-12)17(8-6-2)10-9-16(3)4/h11H,5-10H2,1-4H3. The highest BCUT2D eigenvalue weighted by atomic mass is 32.1. The molecule has 0 fully saturated rings. The van der Waals surface area contributed by atoms with Crippen LogP contribution in [0.1, 0.15) is 42.1 Å². The van der Waals surface area contributed by atoms with Gasteiger partial charge in [0.05, 0.1) is 10.6 Å². The van der Waals surface area contributed by atoms with Crippen LogP contribution in [0.2, 0.25) is 0 Å². The third kappa shape index (κ3) is 4.91. The molecule has 0 aromatic carbocycles. The molecule has 0 atom stereocenters. The summed E-state index contributed by atoms with van der Waals surface area (Å²) in [4.78, 5) is 21.0. The summed E-state index contributed by atoms with van der Waals surface area (Å²) in [6, 6.07) is 0. The molecule has 0 aliphatic rings. The van der Waals surface area contributed by atoms with Gasteiger partial charge in [0.2, 0.25) is 0 Å². The van der Waals surface area contributed by atoms with Gasteiger partial charge in [-0.2, -0.15) is 0 Å². The van der Waals surface area contributed by atoms with Gasteiger partial charge in [-0.25, -0.2) is 4.98 Å². The summed E-state index contributed by atoms with van der Waals surface area (Å²) in [6.45, 7) is 7.23. The van der Waals surface area contributed by atoms with Crippen molar-refractivity contribution in [3.63, 3.8) is 0 Å². The Labute approximate surface area is 120 Å². The molecule has 1 aromatic rings. The van der Waals surface area contributed by atoms with Crippen LogP contribution in [-0.2, 0) is 6.42 Å².